The summed E-state index contributed by atoms with van der Waals surface area (Å²) < 4.78 is 11.2. The molecule has 9 nitrogen and oxygen atoms in total. The van der Waals surface area contributed by atoms with E-state index in [2.05, 4.69) is 55.6 Å². The fraction of sp³-hybridized carbons (Fsp3) is 0.820. The third-order valence-corrected chi connectivity index (χ3v) is 11.4. The first kappa shape index (κ1) is 55.2. The van der Waals surface area contributed by atoms with E-state index in [9.17, 15) is 30.3 Å². The lowest BCUT2D eigenvalue weighted by atomic mass is 9.99. The SMILES string of the molecule is CCCCCCCCC/C=C/CC/C=C/C(O)C(COC1OC(CO)C(O)C(O)C1O)NC(=O)CCCCCCCCC/C=C\C/C=C\CCCCCCCCCCC. The second-order valence-electron chi connectivity index (χ2n) is 16.9. The second-order valence-corrected chi connectivity index (χ2v) is 16.9. The lowest BCUT2D eigenvalue weighted by molar-refractivity contribution is -0.302. The summed E-state index contributed by atoms with van der Waals surface area (Å²) in [6, 6.07) is -0.825. The largest absolute Gasteiger partial charge is 0.394 e. The van der Waals surface area contributed by atoms with E-state index in [1.807, 2.05) is 6.08 Å². The van der Waals surface area contributed by atoms with Gasteiger partial charge in [-0.1, -0.05) is 184 Å². The predicted molar refractivity (Wildman–Crippen MR) is 244 cm³/mol. The van der Waals surface area contributed by atoms with Gasteiger partial charge >= 0.3 is 0 Å². The molecule has 7 atom stereocenters. The number of hydrogen-bond donors (Lipinski definition) is 6. The first-order valence-corrected chi connectivity index (χ1v) is 24.4. The Balaban J connectivity index is 2.31. The molecule has 1 heterocycles. The van der Waals surface area contributed by atoms with Crippen LogP contribution in [0, 0.1) is 0 Å². The Morgan fingerprint density at radius 2 is 1.02 bits per heavy atom. The van der Waals surface area contributed by atoms with E-state index < -0.39 is 49.5 Å². The minimum absolute atomic E-state index is 0.196. The molecule has 0 bridgehead atoms. The van der Waals surface area contributed by atoms with Crippen LogP contribution in [0.5, 0.6) is 0 Å². The minimum atomic E-state index is -1.57. The number of carbonyl (C=O) groups is 1. The van der Waals surface area contributed by atoms with Gasteiger partial charge in [0, 0.05) is 6.42 Å². The van der Waals surface area contributed by atoms with Gasteiger partial charge in [0.25, 0.3) is 0 Å². The molecular weight excluding hydrogens is 743 g/mol. The molecule has 7 unspecified atom stereocenters. The second kappa shape index (κ2) is 40.2. The fourth-order valence-corrected chi connectivity index (χ4v) is 7.44. The van der Waals surface area contributed by atoms with Gasteiger partial charge in [-0.05, 0) is 64.2 Å². The number of amides is 1. The van der Waals surface area contributed by atoms with E-state index in [1.165, 1.54) is 128 Å². The monoisotopic (exact) mass is 834 g/mol. The summed E-state index contributed by atoms with van der Waals surface area (Å²) in [4.78, 5) is 13.0. The minimum Gasteiger partial charge on any atom is -0.394 e. The van der Waals surface area contributed by atoms with E-state index in [4.69, 9.17) is 9.47 Å². The molecule has 0 aromatic heterocycles. The number of rotatable bonds is 40. The first-order chi connectivity index (χ1) is 28.8. The number of carbonyl (C=O) groups excluding carboxylic acids is 1. The van der Waals surface area contributed by atoms with Crippen LogP contribution in [0.2, 0.25) is 0 Å². The van der Waals surface area contributed by atoms with Gasteiger partial charge < -0.3 is 40.3 Å². The molecule has 0 radical (unpaired) electrons. The van der Waals surface area contributed by atoms with Crippen molar-refractivity contribution in [1.82, 2.24) is 5.32 Å². The lowest BCUT2D eigenvalue weighted by Crippen LogP contribution is -2.60. The van der Waals surface area contributed by atoms with Crippen molar-refractivity contribution in [3.05, 3.63) is 48.6 Å². The van der Waals surface area contributed by atoms with Gasteiger partial charge in [0.15, 0.2) is 6.29 Å². The molecule has 0 aromatic rings. The van der Waals surface area contributed by atoms with Crippen LogP contribution in [0.1, 0.15) is 206 Å². The van der Waals surface area contributed by atoms with Gasteiger partial charge in [0.2, 0.25) is 5.91 Å². The molecule has 9 heteroatoms. The van der Waals surface area contributed by atoms with Crippen molar-refractivity contribution in [3.63, 3.8) is 0 Å². The van der Waals surface area contributed by atoms with Crippen LogP contribution in [0.25, 0.3) is 0 Å². The van der Waals surface area contributed by atoms with Crippen molar-refractivity contribution in [1.29, 1.82) is 0 Å². The first-order valence-electron chi connectivity index (χ1n) is 24.4. The quantitative estimate of drug-likeness (QED) is 0.0264. The Bertz CT molecular complexity index is 1060. The molecule has 1 aliphatic heterocycles. The molecule has 6 N–H and O–H groups in total. The molecule has 1 rings (SSSR count). The smallest absolute Gasteiger partial charge is 0.220 e. The molecule has 0 aromatic carbocycles. The topological polar surface area (TPSA) is 149 Å². The number of aliphatic hydroxyl groups is 5. The molecule has 344 valence electrons. The van der Waals surface area contributed by atoms with Crippen molar-refractivity contribution in [3.8, 4) is 0 Å². The van der Waals surface area contributed by atoms with Crippen molar-refractivity contribution >= 4 is 5.91 Å². The lowest BCUT2D eigenvalue weighted by Gasteiger charge is -2.40. The Kier molecular flexibility index (Phi) is 37.6. The van der Waals surface area contributed by atoms with E-state index >= 15 is 0 Å². The standard InChI is InChI=1S/C50H91NO8/c1-3-5-7-9-11-13-15-17-18-19-20-21-22-23-24-25-26-28-30-32-34-36-38-40-46(54)51-43(42-58-50-49(57)48(56)47(55)45(41-52)59-50)44(53)39-37-35-33-31-29-27-16-14-12-10-8-6-4-2/h20-21,23-24,29,31,37,39,43-45,47-50,52-53,55-57H,3-19,22,25-28,30,32-36,38,40-42H2,1-2H3,(H,51,54)/b21-20-,24-23-,31-29+,39-37+. The highest BCUT2D eigenvalue weighted by atomic mass is 16.7. The van der Waals surface area contributed by atoms with Crippen molar-refractivity contribution in [2.75, 3.05) is 13.2 Å². The van der Waals surface area contributed by atoms with Crippen LogP contribution in [-0.4, -0.2) is 87.5 Å². The average Bonchev–Trinajstić information content (AvgIpc) is 3.23. The third kappa shape index (κ3) is 30.8. The number of unbranched alkanes of at least 4 members (excludes halogenated alkanes) is 24. The molecule has 0 saturated carbocycles. The highest BCUT2D eigenvalue weighted by Gasteiger charge is 2.44. The zero-order valence-electron chi connectivity index (χ0n) is 37.7. The Morgan fingerprint density at radius 1 is 0.576 bits per heavy atom. The Labute approximate surface area is 361 Å². The van der Waals surface area contributed by atoms with Gasteiger partial charge in [-0.2, -0.15) is 0 Å². The number of allylic oxidation sites excluding steroid dienone is 7. The summed E-state index contributed by atoms with van der Waals surface area (Å²) >= 11 is 0. The normalized spacial score (nSPS) is 21.1. The number of nitrogens with one attached hydrogen (secondary N) is 1. The molecule has 1 aliphatic rings. The predicted octanol–water partition coefficient (Wildman–Crippen LogP) is 10.6. The molecule has 0 spiro atoms. The molecular formula is C50H91NO8. The van der Waals surface area contributed by atoms with Gasteiger partial charge in [0.05, 0.1) is 25.4 Å². The highest BCUT2D eigenvalue weighted by Crippen LogP contribution is 2.22. The molecule has 0 aliphatic carbocycles. The maximum atomic E-state index is 13.0. The maximum absolute atomic E-state index is 13.0. The zero-order valence-corrected chi connectivity index (χ0v) is 37.7. The van der Waals surface area contributed by atoms with E-state index in [-0.39, 0.29) is 12.5 Å². The number of ether oxygens (including phenoxy) is 2. The molecule has 1 saturated heterocycles. The van der Waals surface area contributed by atoms with Crippen molar-refractivity contribution in [2.45, 2.75) is 249 Å². The van der Waals surface area contributed by atoms with Crippen LogP contribution in [-0.2, 0) is 14.3 Å². The summed E-state index contributed by atoms with van der Waals surface area (Å²) in [5, 5.41) is 54.2. The zero-order chi connectivity index (χ0) is 43.0. The number of hydrogen-bond acceptors (Lipinski definition) is 8. The van der Waals surface area contributed by atoms with E-state index in [0.717, 1.165) is 57.8 Å². The van der Waals surface area contributed by atoms with Crippen molar-refractivity contribution in [2.24, 2.45) is 0 Å². The van der Waals surface area contributed by atoms with Gasteiger partial charge in [-0.3, -0.25) is 4.79 Å². The Hall–Kier alpha value is -1.85. The van der Waals surface area contributed by atoms with E-state index in [1.54, 1.807) is 6.08 Å². The molecule has 59 heavy (non-hydrogen) atoms. The Morgan fingerprint density at radius 3 is 1.53 bits per heavy atom. The number of aliphatic hydroxyl groups excluding tert-OH is 5. The highest BCUT2D eigenvalue weighted by molar-refractivity contribution is 5.76. The van der Waals surface area contributed by atoms with Gasteiger partial charge in [0.1, 0.15) is 24.4 Å². The van der Waals surface area contributed by atoms with Crippen molar-refractivity contribution < 1.29 is 39.8 Å². The summed E-state index contributed by atoms with van der Waals surface area (Å²) in [6.45, 7) is 3.74. The van der Waals surface area contributed by atoms with Crippen LogP contribution in [0.15, 0.2) is 48.6 Å². The summed E-state index contributed by atoms with van der Waals surface area (Å²) in [5.41, 5.74) is 0. The third-order valence-electron chi connectivity index (χ3n) is 11.4. The average molecular weight is 834 g/mol. The summed E-state index contributed by atoms with van der Waals surface area (Å²) in [5.74, 6) is -0.196. The summed E-state index contributed by atoms with van der Waals surface area (Å²) in [7, 11) is 0. The maximum Gasteiger partial charge on any atom is 0.220 e. The van der Waals surface area contributed by atoms with Crippen LogP contribution in [0.4, 0.5) is 0 Å². The van der Waals surface area contributed by atoms with Crippen LogP contribution >= 0.6 is 0 Å². The van der Waals surface area contributed by atoms with Gasteiger partial charge in [-0.15, -0.1) is 0 Å². The van der Waals surface area contributed by atoms with E-state index in [0.29, 0.717) is 6.42 Å². The summed E-state index contributed by atoms with van der Waals surface area (Å²) in [6.07, 6.45) is 44.5. The molecule has 1 amide bonds. The fourth-order valence-electron chi connectivity index (χ4n) is 7.44. The van der Waals surface area contributed by atoms with Crippen LogP contribution < -0.4 is 5.32 Å². The molecule has 1 fully saturated rings. The van der Waals surface area contributed by atoms with Crippen LogP contribution in [0.3, 0.4) is 0 Å². The van der Waals surface area contributed by atoms with Gasteiger partial charge in [-0.25, -0.2) is 0 Å².